The number of furan rings is 1. The molecule has 7 heteroatoms. The van der Waals surface area contributed by atoms with Gasteiger partial charge >= 0.3 is 12.1 Å². The number of fused-ring (bicyclic) bond motifs is 1. The van der Waals surface area contributed by atoms with Gasteiger partial charge in [0.2, 0.25) is 0 Å². The van der Waals surface area contributed by atoms with Gasteiger partial charge in [-0.2, -0.15) is 0 Å². The molecule has 0 bridgehead atoms. The summed E-state index contributed by atoms with van der Waals surface area (Å²) in [4.78, 5) is 27.2. The number of nitrogens with one attached hydrogen (secondary N) is 2. The van der Waals surface area contributed by atoms with Crippen molar-refractivity contribution < 1.29 is 14.0 Å². The van der Waals surface area contributed by atoms with Crippen LogP contribution >= 0.6 is 0 Å². The molecule has 20 heavy (non-hydrogen) atoms. The van der Waals surface area contributed by atoms with Crippen LogP contribution in [0.4, 0.5) is 9.59 Å². The fourth-order valence-electron chi connectivity index (χ4n) is 3.14. The topological polar surface area (TPSA) is 77.8 Å². The van der Waals surface area contributed by atoms with Crippen molar-refractivity contribution in [1.82, 2.24) is 20.4 Å². The van der Waals surface area contributed by atoms with Gasteiger partial charge in [0, 0.05) is 26.1 Å². The van der Waals surface area contributed by atoms with Crippen molar-refractivity contribution in [3.63, 3.8) is 0 Å². The van der Waals surface area contributed by atoms with E-state index in [-0.39, 0.29) is 36.2 Å². The highest BCUT2D eigenvalue weighted by Gasteiger charge is 2.50. The molecule has 2 aliphatic rings. The number of nitrogens with zero attached hydrogens (tertiary/aromatic N) is 2. The molecule has 7 nitrogen and oxygen atoms in total. The van der Waals surface area contributed by atoms with Crippen LogP contribution in [0.5, 0.6) is 0 Å². The van der Waals surface area contributed by atoms with Gasteiger partial charge in [-0.3, -0.25) is 0 Å². The van der Waals surface area contributed by atoms with E-state index in [2.05, 4.69) is 10.6 Å². The highest BCUT2D eigenvalue weighted by atomic mass is 16.3. The van der Waals surface area contributed by atoms with Gasteiger partial charge in [0.15, 0.2) is 0 Å². The van der Waals surface area contributed by atoms with E-state index in [0.717, 1.165) is 5.76 Å². The molecule has 1 aromatic rings. The van der Waals surface area contributed by atoms with Crippen LogP contribution in [0.15, 0.2) is 22.8 Å². The number of urea groups is 2. The molecule has 4 amide bonds. The minimum Gasteiger partial charge on any atom is -0.467 e. The normalized spacial score (nSPS) is 33.5. The number of hydrogen-bond donors (Lipinski definition) is 2. The highest BCUT2D eigenvalue weighted by Crippen LogP contribution is 2.38. The molecule has 2 saturated heterocycles. The Labute approximate surface area is 116 Å². The number of rotatable bonds is 1. The SMILES string of the molecule is C[C@@H]1NC(=O)N(C)[C@@H]2NC(=O)N(C)[C@@H](c3ccco3)[C@@H]12. The zero-order valence-electron chi connectivity index (χ0n) is 11.7. The first-order chi connectivity index (χ1) is 9.50. The van der Waals surface area contributed by atoms with E-state index < -0.39 is 0 Å². The standard InChI is InChI=1S/C13H18N4O3/c1-7-9-10(8-5-4-6-20-8)16(2)13(19)15-11(9)17(3)12(18)14-7/h4-7,9-11H,1-3H3,(H,14,18)(H,15,19)/t7-,9+,10-,11-/m0/s1. The summed E-state index contributed by atoms with van der Waals surface area (Å²) >= 11 is 0. The molecule has 3 heterocycles. The molecule has 108 valence electrons. The van der Waals surface area contributed by atoms with Gasteiger partial charge in [0.25, 0.3) is 0 Å². The molecule has 0 aliphatic carbocycles. The van der Waals surface area contributed by atoms with Crippen molar-refractivity contribution in [1.29, 1.82) is 0 Å². The summed E-state index contributed by atoms with van der Waals surface area (Å²) in [5.74, 6) is 0.736. The van der Waals surface area contributed by atoms with Crippen LogP contribution in [-0.2, 0) is 0 Å². The average Bonchev–Trinajstić information content (AvgIpc) is 2.92. The molecule has 2 fully saturated rings. The van der Waals surface area contributed by atoms with Crippen molar-refractivity contribution in [2.75, 3.05) is 14.1 Å². The summed E-state index contributed by atoms with van der Waals surface area (Å²) in [6, 6.07) is 3.01. The maximum Gasteiger partial charge on any atom is 0.319 e. The second-order valence-electron chi connectivity index (χ2n) is 5.39. The molecule has 3 rings (SSSR count). The van der Waals surface area contributed by atoms with Crippen LogP contribution in [0.25, 0.3) is 0 Å². The molecular weight excluding hydrogens is 260 g/mol. The van der Waals surface area contributed by atoms with Crippen LogP contribution in [0.1, 0.15) is 18.7 Å². The van der Waals surface area contributed by atoms with Crippen LogP contribution < -0.4 is 10.6 Å². The largest absolute Gasteiger partial charge is 0.467 e. The lowest BCUT2D eigenvalue weighted by Crippen LogP contribution is -2.71. The summed E-state index contributed by atoms with van der Waals surface area (Å²) in [6.45, 7) is 1.95. The van der Waals surface area contributed by atoms with Crippen molar-refractivity contribution in [2.45, 2.75) is 25.2 Å². The zero-order chi connectivity index (χ0) is 14.4. The molecule has 2 aliphatic heterocycles. The Bertz CT molecular complexity index is 530. The third-order valence-electron chi connectivity index (χ3n) is 4.24. The lowest BCUT2D eigenvalue weighted by Gasteiger charge is -2.51. The van der Waals surface area contributed by atoms with E-state index in [9.17, 15) is 9.59 Å². The second-order valence-corrected chi connectivity index (χ2v) is 5.39. The third kappa shape index (κ3) is 1.73. The van der Waals surface area contributed by atoms with Gasteiger partial charge < -0.3 is 24.9 Å². The second kappa shape index (κ2) is 4.43. The van der Waals surface area contributed by atoms with Crippen molar-refractivity contribution in [3.8, 4) is 0 Å². The Morgan fingerprint density at radius 2 is 1.85 bits per heavy atom. The van der Waals surface area contributed by atoms with E-state index in [1.54, 1.807) is 31.3 Å². The molecule has 0 saturated carbocycles. The van der Waals surface area contributed by atoms with Gasteiger partial charge in [0.1, 0.15) is 11.9 Å². The molecule has 0 spiro atoms. The van der Waals surface area contributed by atoms with E-state index >= 15 is 0 Å². The Morgan fingerprint density at radius 3 is 2.50 bits per heavy atom. The highest BCUT2D eigenvalue weighted by molar-refractivity contribution is 5.80. The van der Waals surface area contributed by atoms with Crippen LogP contribution in [-0.4, -0.2) is 48.2 Å². The first-order valence-corrected chi connectivity index (χ1v) is 6.60. The Morgan fingerprint density at radius 1 is 1.15 bits per heavy atom. The number of carbonyl (C=O) groups excluding carboxylic acids is 2. The van der Waals surface area contributed by atoms with Gasteiger partial charge in [0.05, 0.1) is 12.3 Å². The average molecular weight is 278 g/mol. The van der Waals surface area contributed by atoms with E-state index in [4.69, 9.17) is 4.42 Å². The van der Waals surface area contributed by atoms with Crippen LogP contribution in [0.3, 0.4) is 0 Å². The maximum atomic E-state index is 12.1. The number of amides is 4. The summed E-state index contributed by atoms with van der Waals surface area (Å²) in [6.07, 6.45) is 1.26. The van der Waals surface area contributed by atoms with Crippen LogP contribution in [0.2, 0.25) is 0 Å². The van der Waals surface area contributed by atoms with Crippen molar-refractivity contribution >= 4 is 12.1 Å². The Hall–Kier alpha value is -2.18. The summed E-state index contributed by atoms with van der Waals surface area (Å²) in [5.41, 5.74) is 0. The first-order valence-electron chi connectivity index (χ1n) is 6.60. The van der Waals surface area contributed by atoms with Gasteiger partial charge in [-0.1, -0.05) is 0 Å². The fraction of sp³-hybridized carbons (Fsp3) is 0.538. The van der Waals surface area contributed by atoms with Crippen molar-refractivity contribution in [3.05, 3.63) is 24.2 Å². The lowest BCUT2D eigenvalue weighted by molar-refractivity contribution is 0.0175. The smallest absolute Gasteiger partial charge is 0.319 e. The first kappa shape index (κ1) is 12.8. The Balaban J connectivity index is 2.02. The number of carbonyl (C=O) groups is 2. The minimum atomic E-state index is -0.336. The number of hydrogen-bond acceptors (Lipinski definition) is 3. The predicted octanol–water partition coefficient (Wildman–Crippen LogP) is 0.961. The fourth-order valence-corrected chi connectivity index (χ4v) is 3.14. The van der Waals surface area contributed by atoms with Gasteiger partial charge in [-0.25, -0.2) is 9.59 Å². The molecule has 4 atom stereocenters. The quantitative estimate of drug-likeness (QED) is 0.803. The van der Waals surface area contributed by atoms with Crippen molar-refractivity contribution in [2.24, 2.45) is 5.92 Å². The molecule has 1 aromatic heterocycles. The molecule has 0 radical (unpaired) electrons. The molecular formula is C13H18N4O3. The zero-order valence-corrected chi connectivity index (χ0v) is 11.7. The molecule has 0 aromatic carbocycles. The predicted molar refractivity (Wildman–Crippen MR) is 70.8 cm³/mol. The van der Waals surface area contributed by atoms with Crippen LogP contribution in [0, 0.1) is 5.92 Å². The molecule has 0 unspecified atom stereocenters. The van der Waals surface area contributed by atoms with E-state index in [0.29, 0.717) is 0 Å². The maximum absolute atomic E-state index is 12.1. The van der Waals surface area contributed by atoms with Gasteiger partial charge in [-0.05, 0) is 19.1 Å². The van der Waals surface area contributed by atoms with E-state index in [1.807, 2.05) is 13.0 Å². The lowest BCUT2D eigenvalue weighted by atomic mass is 9.83. The van der Waals surface area contributed by atoms with Gasteiger partial charge in [-0.15, -0.1) is 0 Å². The minimum absolute atomic E-state index is 0.00606. The van der Waals surface area contributed by atoms with E-state index in [1.165, 1.54) is 4.90 Å². The summed E-state index contributed by atoms with van der Waals surface area (Å²) in [7, 11) is 3.42. The monoisotopic (exact) mass is 278 g/mol. The molecule has 2 N–H and O–H groups in total. The Kier molecular flexibility index (Phi) is 2.84. The summed E-state index contributed by atoms with van der Waals surface area (Å²) in [5, 5.41) is 5.80. The summed E-state index contributed by atoms with van der Waals surface area (Å²) < 4.78 is 5.50. The third-order valence-corrected chi connectivity index (χ3v) is 4.24.